The van der Waals surface area contributed by atoms with Gasteiger partial charge in [-0.1, -0.05) is 11.6 Å². The molecule has 3 nitrogen and oxygen atoms in total. The number of halogens is 4. The highest BCUT2D eigenvalue weighted by Crippen LogP contribution is 2.27. The summed E-state index contributed by atoms with van der Waals surface area (Å²) in [5, 5.41) is 0.368. The van der Waals surface area contributed by atoms with Crippen molar-refractivity contribution in [3.63, 3.8) is 0 Å². The monoisotopic (exact) mass is 441 g/mol. The number of rotatable bonds is 3. The molecule has 0 saturated carbocycles. The molecule has 0 saturated heterocycles. The van der Waals surface area contributed by atoms with Crippen molar-refractivity contribution in [1.82, 2.24) is 0 Å². The first-order valence-electron chi connectivity index (χ1n) is 5.22. The van der Waals surface area contributed by atoms with Crippen LogP contribution in [0.15, 0.2) is 50.2 Å². The minimum absolute atomic E-state index is 0.169. The highest BCUT2D eigenvalue weighted by Gasteiger charge is 2.16. The molecule has 0 aliphatic carbocycles. The Kier molecular flexibility index (Phi) is 4.73. The summed E-state index contributed by atoms with van der Waals surface area (Å²) in [6.07, 6.45) is 0. The van der Waals surface area contributed by atoms with Gasteiger partial charge in [0, 0.05) is 4.47 Å². The molecule has 106 valence electrons. The van der Waals surface area contributed by atoms with Crippen molar-refractivity contribution in [2.45, 2.75) is 4.90 Å². The quantitative estimate of drug-likeness (QED) is 0.741. The third-order valence-electron chi connectivity index (χ3n) is 2.37. The average Bonchev–Trinajstić information content (AvgIpc) is 2.37. The molecular formula is C12H7Br2ClFNO2S. The first-order valence-corrected chi connectivity index (χ1v) is 8.67. The summed E-state index contributed by atoms with van der Waals surface area (Å²) in [7, 11) is -3.87. The smallest absolute Gasteiger partial charge is 0.261 e. The zero-order chi connectivity index (χ0) is 14.9. The molecule has 0 spiro atoms. The summed E-state index contributed by atoms with van der Waals surface area (Å²) in [6, 6.07) is 8.19. The van der Waals surface area contributed by atoms with Crippen LogP contribution in [0.1, 0.15) is 0 Å². The summed E-state index contributed by atoms with van der Waals surface area (Å²) in [4.78, 5) is -0.169. The van der Waals surface area contributed by atoms with Gasteiger partial charge in [-0.15, -0.1) is 0 Å². The van der Waals surface area contributed by atoms with E-state index < -0.39 is 15.8 Å². The zero-order valence-corrected chi connectivity index (χ0v) is 14.4. The second-order valence-corrected chi connectivity index (χ2v) is 7.61. The van der Waals surface area contributed by atoms with Crippen LogP contribution < -0.4 is 4.72 Å². The highest BCUT2D eigenvalue weighted by molar-refractivity contribution is 9.10. The summed E-state index contributed by atoms with van der Waals surface area (Å²) in [6.45, 7) is 0. The van der Waals surface area contributed by atoms with Crippen LogP contribution in [0, 0.1) is 5.82 Å². The van der Waals surface area contributed by atoms with Crippen LogP contribution in [-0.2, 0) is 10.0 Å². The molecule has 8 heteroatoms. The molecule has 0 aliphatic heterocycles. The lowest BCUT2D eigenvalue weighted by atomic mass is 10.3. The standard InChI is InChI=1S/C12H7Br2ClFNO2S/c13-9-3-1-7(5-11(9)15)17-20(18,19)8-2-4-10(14)12(16)6-8/h1-6,17H. The fourth-order valence-corrected chi connectivity index (χ4v) is 3.15. The van der Waals surface area contributed by atoms with Crippen LogP contribution in [-0.4, -0.2) is 8.42 Å². The second kappa shape index (κ2) is 6.01. The summed E-state index contributed by atoms with van der Waals surface area (Å²) >= 11 is 12.1. The Bertz CT molecular complexity index is 768. The lowest BCUT2D eigenvalue weighted by molar-refractivity contribution is 0.593. The Labute approximate surface area is 137 Å². The van der Waals surface area contributed by atoms with E-state index in [1.54, 1.807) is 12.1 Å². The van der Waals surface area contributed by atoms with Gasteiger partial charge in [-0.05, 0) is 68.3 Å². The van der Waals surface area contributed by atoms with Gasteiger partial charge in [-0.3, -0.25) is 4.72 Å². The maximum atomic E-state index is 13.4. The first-order chi connectivity index (χ1) is 9.29. The predicted molar refractivity (Wildman–Crippen MR) is 84.1 cm³/mol. The maximum Gasteiger partial charge on any atom is 0.261 e. The molecule has 0 radical (unpaired) electrons. The second-order valence-electron chi connectivity index (χ2n) is 3.81. The minimum Gasteiger partial charge on any atom is -0.280 e. The molecule has 0 atom stereocenters. The average molecular weight is 444 g/mol. The van der Waals surface area contributed by atoms with Crippen LogP contribution in [0.3, 0.4) is 0 Å². The third kappa shape index (κ3) is 3.52. The van der Waals surface area contributed by atoms with Gasteiger partial charge >= 0.3 is 0 Å². The number of hydrogen-bond acceptors (Lipinski definition) is 2. The van der Waals surface area contributed by atoms with E-state index in [9.17, 15) is 12.8 Å². The minimum atomic E-state index is -3.87. The van der Waals surface area contributed by atoms with E-state index in [4.69, 9.17) is 11.6 Å². The maximum absolute atomic E-state index is 13.4. The van der Waals surface area contributed by atoms with E-state index in [0.29, 0.717) is 15.2 Å². The fourth-order valence-electron chi connectivity index (χ4n) is 1.42. The van der Waals surface area contributed by atoms with Gasteiger partial charge in [-0.2, -0.15) is 0 Å². The number of nitrogens with one attached hydrogen (secondary N) is 1. The lowest BCUT2D eigenvalue weighted by Gasteiger charge is -2.09. The van der Waals surface area contributed by atoms with Crippen LogP contribution in [0.4, 0.5) is 10.1 Å². The number of anilines is 1. The van der Waals surface area contributed by atoms with Gasteiger partial charge in [0.25, 0.3) is 10.0 Å². The van der Waals surface area contributed by atoms with Crippen LogP contribution in [0.25, 0.3) is 0 Å². The van der Waals surface area contributed by atoms with Crippen molar-refractivity contribution in [3.8, 4) is 0 Å². The van der Waals surface area contributed by atoms with E-state index in [0.717, 1.165) is 6.07 Å². The Morgan fingerprint density at radius 3 is 2.30 bits per heavy atom. The molecule has 0 amide bonds. The molecule has 0 unspecified atom stereocenters. The molecule has 0 aliphatic rings. The molecule has 20 heavy (non-hydrogen) atoms. The Morgan fingerprint density at radius 1 is 1.05 bits per heavy atom. The summed E-state index contributed by atoms with van der Waals surface area (Å²) < 4.78 is 40.8. The summed E-state index contributed by atoms with van der Waals surface area (Å²) in [5.74, 6) is -0.651. The Hall–Kier alpha value is -0.630. The van der Waals surface area contributed by atoms with Gasteiger partial charge in [0.2, 0.25) is 0 Å². The van der Waals surface area contributed by atoms with Gasteiger partial charge in [0.15, 0.2) is 0 Å². The van der Waals surface area contributed by atoms with Crippen molar-refractivity contribution in [3.05, 3.63) is 56.2 Å². The molecule has 1 N–H and O–H groups in total. The molecule has 0 bridgehead atoms. The van der Waals surface area contributed by atoms with E-state index in [2.05, 4.69) is 36.6 Å². The highest BCUT2D eigenvalue weighted by atomic mass is 79.9. The SMILES string of the molecule is O=S(=O)(Nc1ccc(Br)c(Cl)c1)c1ccc(Br)c(F)c1. The number of sulfonamides is 1. The number of hydrogen-bond donors (Lipinski definition) is 1. The van der Waals surface area contributed by atoms with Gasteiger partial charge < -0.3 is 0 Å². The van der Waals surface area contributed by atoms with Gasteiger partial charge in [0.1, 0.15) is 5.82 Å². The van der Waals surface area contributed by atoms with Gasteiger partial charge in [-0.25, -0.2) is 12.8 Å². The first kappa shape index (κ1) is 15.8. The summed E-state index contributed by atoms with van der Waals surface area (Å²) in [5.41, 5.74) is 0.293. The Morgan fingerprint density at radius 2 is 1.70 bits per heavy atom. The lowest BCUT2D eigenvalue weighted by Crippen LogP contribution is -2.13. The molecule has 0 fully saturated rings. The molecule has 0 heterocycles. The van der Waals surface area contributed by atoms with E-state index >= 15 is 0 Å². The normalized spacial score (nSPS) is 11.4. The largest absolute Gasteiger partial charge is 0.280 e. The fraction of sp³-hybridized carbons (Fsp3) is 0. The molecule has 2 aromatic rings. The molecule has 0 aromatic heterocycles. The van der Waals surface area contributed by atoms with Crippen molar-refractivity contribution in [2.24, 2.45) is 0 Å². The Balaban J connectivity index is 2.35. The van der Waals surface area contributed by atoms with Crippen LogP contribution >= 0.6 is 43.5 Å². The third-order valence-corrected chi connectivity index (χ3v) is 5.63. The van der Waals surface area contributed by atoms with Crippen molar-refractivity contribution in [2.75, 3.05) is 4.72 Å². The molecule has 2 aromatic carbocycles. The zero-order valence-electron chi connectivity index (χ0n) is 9.70. The topological polar surface area (TPSA) is 46.2 Å². The van der Waals surface area contributed by atoms with Crippen molar-refractivity contribution < 1.29 is 12.8 Å². The predicted octanol–water partition coefficient (Wildman–Crippen LogP) is 4.80. The van der Waals surface area contributed by atoms with Gasteiger partial charge in [0.05, 0.1) is 20.1 Å². The molecular weight excluding hydrogens is 436 g/mol. The van der Waals surface area contributed by atoms with E-state index in [-0.39, 0.29) is 9.37 Å². The van der Waals surface area contributed by atoms with Crippen LogP contribution in [0.5, 0.6) is 0 Å². The van der Waals surface area contributed by atoms with Crippen molar-refractivity contribution >= 4 is 59.2 Å². The number of benzene rings is 2. The van der Waals surface area contributed by atoms with E-state index in [1.807, 2.05) is 0 Å². The van der Waals surface area contributed by atoms with E-state index in [1.165, 1.54) is 18.2 Å². The molecule has 2 rings (SSSR count). The van der Waals surface area contributed by atoms with Crippen molar-refractivity contribution in [1.29, 1.82) is 0 Å². The van der Waals surface area contributed by atoms with Crippen LogP contribution in [0.2, 0.25) is 5.02 Å².